The first kappa shape index (κ1) is 9.65. The van der Waals surface area contributed by atoms with Gasteiger partial charge in [-0.2, -0.15) is 5.10 Å². The van der Waals surface area contributed by atoms with Crippen LogP contribution in [0.25, 0.3) is 0 Å². The van der Waals surface area contributed by atoms with Gasteiger partial charge in [0.15, 0.2) is 0 Å². The summed E-state index contributed by atoms with van der Waals surface area (Å²) in [5, 5.41) is 7.97. The topological polar surface area (TPSA) is 25.8 Å². The molecule has 1 aromatic rings. The van der Waals surface area contributed by atoms with E-state index >= 15 is 0 Å². The smallest absolute Gasteiger partial charge is 0.129 e. The molecule has 0 fully saturated rings. The van der Waals surface area contributed by atoms with Gasteiger partial charge in [0.25, 0.3) is 0 Å². The Bertz CT molecular complexity index is 289. The fourth-order valence-electron chi connectivity index (χ4n) is 1.19. The van der Waals surface area contributed by atoms with E-state index in [1.54, 1.807) is 0 Å². The molecule has 0 radical (unpaired) electrons. The van der Waals surface area contributed by atoms with Gasteiger partial charge < -0.3 is 0 Å². The second kappa shape index (κ2) is 3.13. The van der Waals surface area contributed by atoms with Gasteiger partial charge in [0.05, 0.1) is 5.69 Å². The molecule has 3 heteroatoms. The zero-order valence-electron chi connectivity index (χ0n) is 7.85. The van der Waals surface area contributed by atoms with Crippen LogP contribution in [0.1, 0.15) is 32.0 Å². The summed E-state index contributed by atoms with van der Waals surface area (Å²) in [5.74, 6) is 0. The molecule has 0 aliphatic rings. The van der Waals surface area contributed by atoms with Crippen LogP contribution in [0.4, 0.5) is 0 Å². The Hall–Kier alpha value is -0.440. The summed E-state index contributed by atoms with van der Waals surface area (Å²) in [4.78, 5) is 0. The maximum Gasteiger partial charge on any atom is 0.129 e. The lowest BCUT2D eigenvalue weighted by Gasteiger charge is -2.20. The molecule has 0 spiro atoms. The molecule has 66 valence electrons. The van der Waals surface area contributed by atoms with Crippen LogP contribution in [0.2, 0.25) is 0 Å². The van der Waals surface area contributed by atoms with E-state index in [1.165, 1.54) is 5.56 Å². The molecule has 0 unspecified atom stereocenters. The van der Waals surface area contributed by atoms with E-state index in [0.717, 1.165) is 10.3 Å². The van der Waals surface area contributed by atoms with Crippen molar-refractivity contribution in [1.29, 1.82) is 0 Å². The van der Waals surface area contributed by atoms with E-state index in [1.807, 2.05) is 13.0 Å². The number of rotatable bonds is 0. The lowest BCUT2D eigenvalue weighted by molar-refractivity contribution is 0.577. The summed E-state index contributed by atoms with van der Waals surface area (Å²) in [5.41, 5.74) is 2.39. The highest BCUT2D eigenvalue weighted by Gasteiger charge is 2.17. The average Bonchev–Trinajstić information content (AvgIpc) is 1.92. The Balaban J connectivity index is 3.23. The predicted molar refractivity (Wildman–Crippen MR) is 53.2 cm³/mol. The number of hydrogen-bond acceptors (Lipinski definition) is 2. The normalized spacial score (nSPS) is 11.8. The highest BCUT2D eigenvalue weighted by Crippen LogP contribution is 2.25. The third kappa shape index (κ3) is 2.03. The van der Waals surface area contributed by atoms with Crippen molar-refractivity contribution in [3.05, 3.63) is 21.9 Å². The molecular formula is C9H13BrN2. The molecule has 12 heavy (non-hydrogen) atoms. The van der Waals surface area contributed by atoms with E-state index in [4.69, 9.17) is 0 Å². The number of hydrogen-bond donors (Lipinski definition) is 0. The van der Waals surface area contributed by atoms with Gasteiger partial charge in [-0.25, -0.2) is 0 Å². The van der Waals surface area contributed by atoms with Crippen LogP contribution >= 0.6 is 15.9 Å². The van der Waals surface area contributed by atoms with Gasteiger partial charge in [0, 0.05) is 0 Å². The van der Waals surface area contributed by atoms with Crippen LogP contribution in [0.5, 0.6) is 0 Å². The summed E-state index contributed by atoms with van der Waals surface area (Å²) >= 11 is 3.32. The Morgan fingerprint density at radius 2 is 1.83 bits per heavy atom. The molecule has 0 aliphatic heterocycles. The SMILES string of the molecule is Cc1nnc(Br)cc1C(C)(C)C. The van der Waals surface area contributed by atoms with Crippen molar-refractivity contribution >= 4 is 15.9 Å². The number of aromatic nitrogens is 2. The lowest BCUT2D eigenvalue weighted by Crippen LogP contribution is -2.14. The molecule has 0 aliphatic carbocycles. The van der Waals surface area contributed by atoms with E-state index in [9.17, 15) is 0 Å². The van der Waals surface area contributed by atoms with Crippen molar-refractivity contribution in [2.45, 2.75) is 33.1 Å². The minimum Gasteiger partial charge on any atom is -0.155 e. The summed E-state index contributed by atoms with van der Waals surface area (Å²) in [6.07, 6.45) is 0. The molecule has 1 aromatic heterocycles. The van der Waals surface area contributed by atoms with Gasteiger partial charge in [-0.05, 0) is 39.9 Å². The molecule has 0 amide bonds. The second-order valence-electron chi connectivity index (χ2n) is 3.92. The Kier molecular flexibility index (Phi) is 2.52. The zero-order valence-corrected chi connectivity index (χ0v) is 9.44. The maximum atomic E-state index is 4.05. The molecule has 0 N–H and O–H groups in total. The fraction of sp³-hybridized carbons (Fsp3) is 0.556. The van der Waals surface area contributed by atoms with E-state index in [-0.39, 0.29) is 5.41 Å². The Morgan fingerprint density at radius 1 is 1.25 bits per heavy atom. The average molecular weight is 229 g/mol. The molecule has 0 saturated carbocycles. The first-order valence-electron chi connectivity index (χ1n) is 3.91. The van der Waals surface area contributed by atoms with Crippen LogP contribution in [-0.2, 0) is 5.41 Å². The van der Waals surface area contributed by atoms with Crippen molar-refractivity contribution in [2.24, 2.45) is 0 Å². The summed E-state index contributed by atoms with van der Waals surface area (Å²) in [6.45, 7) is 8.50. The first-order valence-corrected chi connectivity index (χ1v) is 4.71. The second-order valence-corrected chi connectivity index (χ2v) is 4.73. The minimum atomic E-state index is 0.141. The number of aryl methyl sites for hydroxylation is 1. The molecule has 1 rings (SSSR count). The first-order chi connectivity index (χ1) is 5.41. The highest BCUT2D eigenvalue weighted by molar-refractivity contribution is 9.10. The third-order valence-corrected chi connectivity index (χ3v) is 2.14. The van der Waals surface area contributed by atoms with Crippen LogP contribution in [0.15, 0.2) is 10.7 Å². The molecule has 2 nitrogen and oxygen atoms in total. The third-order valence-electron chi connectivity index (χ3n) is 1.76. The molecule has 0 saturated heterocycles. The monoisotopic (exact) mass is 228 g/mol. The van der Waals surface area contributed by atoms with Crippen molar-refractivity contribution in [1.82, 2.24) is 10.2 Å². The number of halogens is 1. The maximum absolute atomic E-state index is 4.05. The molecule has 0 aromatic carbocycles. The summed E-state index contributed by atoms with van der Waals surface area (Å²) in [6, 6.07) is 2.03. The molecular weight excluding hydrogens is 216 g/mol. The Morgan fingerprint density at radius 3 is 2.25 bits per heavy atom. The van der Waals surface area contributed by atoms with E-state index in [2.05, 4.69) is 46.9 Å². The van der Waals surface area contributed by atoms with Crippen molar-refractivity contribution in [3.63, 3.8) is 0 Å². The van der Waals surface area contributed by atoms with Crippen molar-refractivity contribution in [3.8, 4) is 0 Å². The van der Waals surface area contributed by atoms with E-state index in [0.29, 0.717) is 0 Å². The molecule has 0 bridgehead atoms. The van der Waals surface area contributed by atoms with Gasteiger partial charge >= 0.3 is 0 Å². The molecule has 0 atom stereocenters. The number of nitrogens with zero attached hydrogens (tertiary/aromatic N) is 2. The van der Waals surface area contributed by atoms with Gasteiger partial charge in [-0.15, -0.1) is 5.10 Å². The highest BCUT2D eigenvalue weighted by atomic mass is 79.9. The summed E-state index contributed by atoms with van der Waals surface area (Å²) in [7, 11) is 0. The lowest BCUT2D eigenvalue weighted by atomic mass is 9.86. The summed E-state index contributed by atoms with van der Waals surface area (Å²) < 4.78 is 0.804. The fourth-order valence-corrected chi connectivity index (χ4v) is 1.50. The van der Waals surface area contributed by atoms with Crippen molar-refractivity contribution < 1.29 is 0 Å². The Labute approximate surface area is 81.5 Å². The van der Waals surface area contributed by atoms with Crippen LogP contribution < -0.4 is 0 Å². The quantitative estimate of drug-likeness (QED) is 0.683. The van der Waals surface area contributed by atoms with Gasteiger partial charge in [0.1, 0.15) is 4.60 Å². The van der Waals surface area contributed by atoms with Gasteiger partial charge in [0.2, 0.25) is 0 Å². The largest absolute Gasteiger partial charge is 0.155 e. The minimum absolute atomic E-state index is 0.141. The van der Waals surface area contributed by atoms with Crippen LogP contribution in [-0.4, -0.2) is 10.2 Å². The van der Waals surface area contributed by atoms with E-state index < -0.39 is 0 Å². The zero-order chi connectivity index (χ0) is 9.35. The predicted octanol–water partition coefficient (Wildman–Crippen LogP) is 2.85. The van der Waals surface area contributed by atoms with Gasteiger partial charge in [-0.1, -0.05) is 20.8 Å². The molecule has 1 heterocycles. The standard InChI is InChI=1S/C9H13BrN2/c1-6-7(9(2,3)4)5-8(10)12-11-6/h5H,1-4H3. The van der Waals surface area contributed by atoms with Crippen LogP contribution in [0.3, 0.4) is 0 Å². The van der Waals surface area contributed by atoms with Crippen LogP contribution in [0, 0.1) is 6.92 Å². The van der Waals surface area contributed by atoms with Gasteiger partial charge in [-0.3, -0.25) is 0 Å². The van der Waals surface area contributed by atoms with Crippen molar-refractivity contribution in [2.75, 3.05) is 0 Å².